The molecular weight excluding hydrogens is 180 g/mol. The van der Waals surface area contributed by atoms with Gasteiger partial charge in [0.1, 0.15) is 11.5 Å². The Bertz CT molecular complexity index is 331. The maximum atomic E-state index is 11.5. The summed E-state index contributed by atoms with van der Waals surface area (Å²) in [6.07, 6.45) is 6.10. The van der Waals surface area contributed by atoms with Crippen molar-refractivity contribution < 1.29 is 4.79 Å². The van der Waals surface area contributed by atoms with Crippen LogP contribution in [-0.2, 0) is 0 Å². The molecule has 0 unspecified atom stereocenters. The fourth-order valence-electron chi connectivity index (χ4n) is 1.27. The summed E-state index contributed by atoms with van der Waals surface area (Å²) < 4.78 is 0. The highest BCUT2D eigenvalue weighted by Gasteiger charge is 2.20. The van der Waals surface area contributed by atoms with Crippen LogP contribution in [0.3, 0.4) is 0 Å². The van der Waals surface area contributed by atoms with E-state index in [2.05, 4.69) is 15.3 Å². The van der Waals surface area contributed by atoms with E-state index in [0.29, 0.717) is 17.6 Å². The van der Waals surface area contributed by atoms with Gasteiger partial charge in [0.15, 0.2) is 0 Å². The van der Waals surface area contributed by atoms with Crippen LogP contribution in [0.15, 0.2) is 12.4 Å². The van der Waals surface area contributed by atoms with Gasteiger partial charge < -0.3 is 11.1 Å². The average molecular weight is 192 g/mol. The van der Waals surface area contributed by atoms with E-state index < -0.39 is 0 Å². The van der Waals surface area contributed by atoms with Crippen LogP contribution in [-0.4, -0.2) is 21.9 Å². The summed E-state index contributed by atoms with van der Waals surface area (Å²) in [5.41, 5.74) is 5.69. The lowest BCUT2D eigenvalue weighted by Crippen LogP contribution is -2.39. The number of rotatable bonds is 2. The number of hydrogen-bond acceptors (Lipinski definition) is 4. The van der Waals surface area contributed by atoms with E-state index >= 15 is 0 Å². The summed E-state index contributed by atoms with van der Waals surface area (Å²) in [4.78, 5) is 19.2. The summed E-state index contributed by atoms with van der Waals surface area (Å²) in [6, 6.07) is 0.321. The third-order valence-electron chi connectivity index (χ3n) is 2.34. The van der Waals surface area contributed by atoms with Crippen LogP contribution in [0.4, 0.5) is 5.82 Å². The van der Waals surface area contributed by atoms with E-state index in [1.165, 1.54) is 18.8 Å². The van der Waals surface area contributed by atoms with Crippen molar-refractivity contribution in [1.82, 2.24) is 15.3 Å². The molecule has 1 aromatic rings. The quantitative estimate of drug-likeness (QED) is 0.708. The third kappa shape index (κ3) is 1.81. The molecule has 0 atom stereocenters. The predicted octanol–water partition coefficient (Wildman–Crippen LogP) is 0.341. The Hall–Kier alpha value is -1.65. The van der Waals surface area contributed by atoms with Gasteiger partial charge in [0.2, 0.25) is 0 Å². The van der Waals surface area contributed by atoms with Crippen molar-refractivity contribution in [3.05, 3.63) is 18.1 Å². The molecule has 5 heteroatoms. The zero-order valence-electron chi connectivity index (χ0n) is 7.73. The molecule has 0 spiro atoms. The molecule has 1 heterocycles. The van der Waals surface area contributed by atoms with Gasteiger partial charge in [-0.15, -0.1) is 0 Å². The zero-order chi connectivity index (χ0) is 9.97. The molecular formula is C9H12N4O. The van der Waals surface area contributed by atoms with Gasteiger partial charge in [-0.1, -0.05) is 0 Å². The largest absolute Gasteiger partial charge is 0.382 e. The zero-order valence-corrected chi connectivity index (χ0v) is 7.73. The normalized spacial score (nSPS) is 16.0. The Balaban J connectivity index is 1.99. The van der Waals surface area contributed by atoms with E-state index in [4.69, 9.17) is 5.73 Å². The Labute approximate surface area is 81.7 Å². The smallest absolute Gasteiger partial charge is 0.271 e. The van der Waals surface area contributed by atoms with Crippen molar-refractivity contribution in [2.45, 2.75) is 25.3 Å². The van der Waals surface area contributed by atoms with Crippen LogP contribution in [0, 0.1) is 0 Å². The van der Waals surface area contributed by atoms with Crippen molar-refractivity contribution in [3.63, 3.8) is 0 Å². The highest BCUT2D eigenvalue weighted by molar-refractivity contribution is 5.92. The number of hydrogen-bond donors (Lipinski definition) is 2. The molecule has 1 aliphatic rings. The first-order valence-corrected chi connectivity index (χ1v) is 4.64. The number of nitrogens with two attached hydrogens (primary N) is 1. The van der Waals surface area contributed by atoms with Gasteiger partial charge in [-0.05, 0) is 19.3 Å². The van der Waals surface area contributed by atoms with Gasteiger partial charge >= 0.3 is 0 Å². The molecule has 14 heavy (non-hydrogen) atoms. The monoisotopic (exact) mass is 192 g/mol. The van der Waals surface area contributed by atoms with Gasteiger partial charge in [0.25, 0.3) is 5.91 Å². The van der Waals surface area contributed by atoms with Gasteiger partial charge in [0.05, 0.1) is 12.4 Å². The molecule has 0 aromatic carbocycles. The minimum atomic E-state index is -0.165. The number of nitrogen functional groups attached to an aromatic ring is 1. The van der Waals surface area contributed by atoms with Crippen LogP contribution in [0.1, 0.15) is 29.8 Å². The fourth-order valence-corrected chi connectivity index (χ4v) is 1.27. The average Bonchev–Trinajstić information content (AvgIpc) is 2.12. The van der Waals surface area contributed by atoms with Gasteiger partial charge in [-0.25, -0.2) is 9.97 Å². The lowest BCUT2D eigenvalue weighted by atomic mass is 9.93. The SMILES string of the molecule is Nc1cnc(C(=O)NC2CCC2)cn1. The maximum absolute atomic E-state index is 11.5. The van der Waals surface area contributed by atoms with E-state index in [0.717, 1.165) is 12.8 Å². The molecule has 5 nitrogen and oxygen atoms in total. The minimum absolute atomic E-state index is 0.165. The molecule has 1 fully saturated rings. The second kappa shape index (κ2) is 3.61. The topological polar surface area (TPSA) is 80.9 Å². The summed E-state index contributed by atoms with van der Waals surface area (Å²) in [7, 11) is 0. The number of carbonyl (C=O) groups excluding carboxylic acids is 1. The summed E-state index contributed by atoms with van der Waals surface area (Å²) >= 11 is 0. The molecule has 0 saturated heterocycles. The number of nitrogens with one attached hydrogen (secondary N) is 1. The first-order valence-electron chi connectivity index (χ1n) is 4.64. The number of amides is 1. The van der Waals surface area contributed by atoms with Gasteiger partial charge in [-0.3, -0.25) is 4.79 Å². The summed E-state index contributed by atoms with van der Waals surface area (Å²) in [5, 5.41) is 2.87. The summed E-state index contributed by atoms with van der Waals surface area (Å²) in [5.74, 6) is 0.160. The highest BCUT2D eigenvalue weighted by Crippen LogP contribution is 2.18. The molecule has 1 aliphatic carbocycles. The summed E-state index contributed by atoms with van der Waals surface area (Å²) in [6.45, 7) is 0. The highest BCUT2D eigenvalue weighted by atomic mass is 16.1. The first-order chi connectivity index (χ1) is 6.75. The lowest BCUT2D eigenvalue weighted by molar-refractivity contribution is 0.0911. The lowest BCUT2D eigenvalue weighted by Gasteiger charge is -2.25. The molecule has 74 valence electrons. The number of anilines is 1. The standard InChI is InChI=1S/C9H12N4O/c10-8-5-11-7(4-12-8)9(14)13-6-2-1-3-6/h4-6H,1-3H2,(H2,10,12)(H,13,14). The Kier molecular flexibility index (Phi) is 2.30. The maximum Gasteiger partial charge on any atom is 0.271 e. The molecule has 3 N–H and O–H groups in total. The molecule has 2 rings (SSSR count). The molecule has 1 saturated carbocycles. The number of nitrogens with zero attached hydrogens (tertiary/aromatic N) is 2. The Morgan fingerprint density at radius 3 is 2.71 bits per heavy atom. The van der Waals surface area contributed by atoms with Crippen molar-refractivity contribution in [1.29, 1.82) is 0 Å². The molecule has 1 aromatic heterocycles. The van der Waals surface area contributed by atoms with E-state index in [-0.39, 0.29) is 5.91 Å². The molecule has 0 radical (unpaired) electrons. The van der Waals surface area contributed by atoms with E-state index in [9.17, 15) is 4.79 Å². The predicted molar refractivity (Wildman–Crippen MR) is 51.5 cm³/mol. The van der Waals surface area contributed by atoms with E-state index in [1.807, 2.05) is 0 Å². The second-order valence-electron chi connectivity index (χ2n) is 3.43. The minimum Gasteiger partial charge on any atom is -0.382 e. The molecule has 0 aliphatic heterocycles. The first kappa shape index (κ1) is 8.93. The van der Waals surface area contributed by atoms with Crippen molar-refractivity contribution in [2.75, 3.05) is 5.73 Å². The Morgan fingerprint density at radius 2 is 2.21 bits per heavy atom. The van der Waals surface area contributed by atoms with Crippen LogP contribution in [0.5, 0.6) is 0 Å². The third-order valence-corrected chi connectivity index (χ3v) is 2.34. The molecule has 0 bridgehead atoms. The van der Waals surface area contributed by atoms with E-state index in [1.54, 1.807) is 0 Å². The van der Waals surface area contributed by atoms with Crippen LogP contribution < -0.4 is 11.1 Å². The fraction of sp³-hybridized carbons (Fsp3) is 0.444. The molecule has 1 amide bonds. The number of aromatic nitrogens is 2. The van der Waals surface area contributed by atoms with Crippen molar-refractivity contribution in [2.24, 2.45) is 0 Å². The number of carbonyl (C=O) groups is 1. The van der Waals surface area contributed by atoms with Gasteiger partial charge in [-0.2, -0.15) is 0 Å². The Morgan fingerprint density at radius 1 is 1.43 bits per heavy atom. The van der Waals surface area contributed by atoms with Crippen LogP contribution in [0.2, 0.25) is 0 Å². The van der Waals surface area contributed by atoms with Crippen LogP contribution in [0.25, 0.3) is 0 Å². The van der Waals surface area contributed by atoms with Crippen molar-refractivity contribution >= 4 is 11.7 Å². The van der Waals surface area contributed by atoms with Crippen LogP contribution >= 0.6 is 0 Å². The second-order valence-corrected chi connectivity index (χ2v) is 3.43. The van der Waals surface area contributed by atoms with Gasteiger partial charge in [0, 0.05) is 6.04 Å². The van der Waals surface area contributed by atoms with Crippen molar-refractivity contribution in [3.8, 4) is 0 Å².